The molecule has 2 saturated heterocycles. The van der Waals surface area contributed by atoms with Gasteiger partial charge >= 0.3 is 0 Å². The first-order valence-electron chi connectivity index (χ1n) is 8.81. The third kappa shape index (κ3) is 6.23. The van der Waals surface area contributed by atoms with Gasteiger partial charge in [-0.3, -0.25) is 4.90 Å². The van der Waals surface area contributed by atoms with Crippen LogP contribution in [0.2, 0.25) is 0 Å². The molecule has 0 aromatic heterocycles. The molecule has 0 saturated carbocycles. The zero-order valence-corrected chi connectivity index (χ0v) is 14.5. The van der Waals surface area contributed by atoms with Gasteiger partial charge in [-0.15, -0.1) is 0 Å². The summed E-state index contributed by atoms with van der Waals surface area (Å²) in [5.41, 5.74) is 0.192. The highest BCUT2D eigenvalue weighted by Crippen LogP contribution is 2.21. The van der Waals surface area contributed by atoms with E-state index in [1.54, 1.807) is 0 Å². The number of nitrogens with zero attached hydrogens (tertiary/aromatic N) is 2. The molecule has 0 bridgehead atoms. The maximum absolute atomic E-state index is 6.22. The minimum Gasteiger partial charge on any atom is -0.372 e. The van der Waals surface area contributed by atoms with Crippen molar-refractivity contribution in [2.75, 3.05) is 45.8 Å². The average molecular weight is 297 g/mol. The van der Waals surface area contributed by atoms with Gasteiger partial charge in [0.15, 0.2) is 0 Å². The molecule has 2 atom stereocenters. The molecule has 4 nitrogen and oxygen atoms in total. The fraction of sp³-hybridized carbons (Fsp3) is 1.00. The summed E-state index contributed by atoms with van der Waals surface area (Å²) < 4.78 is 6.22. The van der Waals surface area contributed by atoms with Crippen LogP contribution >= 0.6 is 0 Å². The summed E-state index contributed by atoms with van der Waals surface area (Å²) in [4.78, 5) is 5.18. The van der Waals surface area contributed by atoms with E-state index < -0.39 is 0 Å². The lowest BCUT2D eigenvalue weighted by molar-refractivity contribution is 0.0107. The van der Waals surface area contributed by atoms with Crippen LogP contribution in [0.5, 0.6) is 0 Å². The van der Waals surface area contributed by atoms with E-state index in [1.807, 2.05) is 0 Å². The summed E-state index contributed by atoms with van der Waals surface area (Å²) in [6.07, 6.45) is 4.58. The molecule has 0 radical (unpaired) electrons. The predicted molar refractivity (Wildman–Crippen MR) is 88.8 cm³/mol. The van der Waals surface area contributed by atoms with Crippen molar-refractivity contribution in [3.63, 3.8) is 0 Å². The summed E-state index contributed by atoms with van der Waals surface area (Å²) in [6.45, 7) is 17.2. The number of hydrogen-bond donors (Lipinski definition) is 1. The monoisotopic (exact) mass is 297 g/mol. The van der Waals surface area contributed by atoms with Crippen LogP contribution in [0.25, 0.3) is 0 Å². The minimum absolute atomic E-state index is 0.192. The van der Waals surface area contributed by atoms with Crippen LogP contribution in [-0.2, 0) is 4.74 Å². The van der Waals surface area contributed by atoms with Crippen molar-refractivity contribution < 1.29 is 4.74 Å². The topological polar surface area (TPSA) is 27.7 Å². The maximum atomic E-state index is 6.22. The van der Waals surface area contributed by atoms with Gasteiger partial charge in [0.25, 0.3) is 0 Å². The molecule has 2 unspecified atom stereocenters. The van der Waals surface area contributed by atoms with Gasteiger partial charge in [0.05, 0.1) is 12.2 Å². The molecule has 0 amide bonds. The summed E-state index contributed by atoms with van der Waals surface area (Å²) in [5, 5.41) is 3.56. The van der Waals surface area contributed by atoms with Crippen molar-refractivity contribution in [1.29, 1.82) is 0 Å². The Balaban J connectivity index is 1.62. The quantitative estimate of drug-likeness (QED) is 0.811. The third-order valence-corrected chi connectivity index (χ3v) is 4.52. The highest BCUT2D eigenvalue weighted by molar-refractivity contribution is 4.82. The summed E-state index contributed by atoms with van der Waals surface area (Å²) >= 11 is 0. The Labute approximate surface area is 131 Å². The predicted octanol–water partition coefficient (Wildman–Crippen LogP) is 1.95. The first-order valence-corrected chi connectivity index (χ1v) is 8.81. The van der Waals surface area contributed by atoms with E-state index in [4.69, 9.17) is 4.74 Å². The smallest absolute Gasteiger partial charge is 0.0707 e. The molecular formula is C17H35N3O. The van der Waals surface area contributed by atoms with Gasteiger partial charge in [0, 0.05) is 44.8 Å². The van der Waals surface area contributed by atoms with Crippen LogP contribution in [0.4, 0.5) is 0 Å². The number of piperazine rings is 1. The molecule has 0 aromatic carbocycles. The van der Waals surface area contributed by atoms with E-state index in [0.717, 1.165) is 13.1 Å². The molecule has 4 heteroatoms. The Hall–Kier alpha value is -0.160. The lowest BCUT2D eigenvalue weighted by Gasteiger charge is -2.35. The molecule has 0 aliphatic carbocycles. The first-order chi connectivity index (χ1) is 9.96. The molecular weight excluding hydrogens is 262 g/mol. The summed E-state index contributed by atoms with van der Waals surface area (Å²) in [7, 11) is 0. The van der Waals surface area contributed by atoms with E-state index in [1.165, 1.54) is 52.0 Å². The van der Waals surface area contributed by atoms with Gasteiger partial charge in [0.2, 0.25) is 0 Å². The fourth-order valence-electron chi connectivity index (χ4n) is 3.28. The van der Waals surface area contributed by atoms with Crippen LogP contribution in [0.1, 0.15) is 47.0 Å². The second kappa shape index (κ2) is 7.91. The Bertz CT molecular complexity index is 295. The zero-order valence-electron chi connectivity index (χ0n) is 14.5. The zero-order chi connectivity index (χ0) is 15.3. The number of nitrogens with one attached hydrogen (secondary N) is 1. The SMILES string of the molecule is CCCN1CCN(CC2CCC(CNC(C)(C)C)O2)CC1. The van der Waals surface area contributed by atoms with E-state index >= 15 is 0 Å². The molecule has 2 fully saturated rings. The van der Waals surface area contributed by atoms with Crippen LogP contribution in [0, 0.1) is 0 Å². The van der Waals surface area contributed by atoms with Crippen LogP contribution < -0.4 is 5.32 Å². The van der Waals surface area contributed by atoms with Gasteiger partial charge < -0.3 is 15.0 Å². The van der Waals surface area contributed by atoms with Gasteiger partial charge in [-0.1, -0.05) is 6.92 Å². The fourth-order valence-corrected chi connectivity index (χ4v) is 3.28. The van der Waals surface area contributed by atoms with E-state index in [2.05, 4.69) is 42.8 Å². The Morgan fingerprint density at radius 1 is 1.00 bits per heavy atom. The minimum atomic E-state index is 0.192. The Morgan fingerprint density at radius 2 is 1.62 bits per heavy atom. The van der Waals surface area contributed by atoms with Gasteiger partial charge in [-0.25, -0.2) is 0 Å². The van der Waals surface area contributed by atoms with E-state index in [0.29, 0.717) is 12.2 Å². The molecule has 2 aliphatic rings. The Morgan fingerprint density at radius 3 is 2.24 bits per heavy atom. The van der Waals surface area contributed by atoms with Gasteiger partial charge in [-0.2, -0.15) is 0 Å². The number of rotatable bonds is 6. The molecule has 2 rings (SSSR count). The normalized spacial score (nSPS) is 29.1. The highest BCUT2D eigenvalue weighted by atomic mass is 16.5. The number of ether oxygens (including phenoxy) is 1. The van der Waals surface area contributed by atoms with Crippen molar-refractivity contribution in [1.82, 2.24) is 15.1 Å². The van der Waals surface area contributed by atoms with Crippen molar-refractivity contribution in [3.05, 3.63) is 0 Å². The first kappa shape index (κ1) is 17.2. The summed E-state index contributed by atoms with van der Waals surface area (Å²) in [5.74, 6) is 0. The average Bonchev–Trinajstić information content (AvgIpc) is 2.86. The molecule has 1 N–H and O–H groups in total. The van der Waals surface area contributed by atoms with Crippen molar-refractivity contribution in [3.8, 4) is 0 Å². The standard InChI is InChI=1S/C17H35N3O/c1-5-8-19-9-11-20(12-10-19)14-16-7-6-15(21-16)13-18-17(2,3)4/h15-16,18H,5-14H2,1-4H3. The van der Waals surface area contributed by atoms with Crippen molar-refractivity contribution in [2.45, 2.75) is 64.7 Å². The molecule has 2 heterocycles. The second-order valence-corrected chi connectivity index (χ2v) is 7.73. The van der Waals surface area contributed by atoms with E-state index in [9.17, 15) is 0 Å². The van der Waals surface area contributed by atoms with E-state index in [-0.39, 0.29) is 5.54 Å². The third-order valence-electron chi connectivity index (χ3n) is 4.52. The summed E-state index contributed by atoms with van der Waals surface area (Å²) in [6, 6.07) is 0. The molecule has 124 valence electrons. The van der Waals surface area contributed by atoms with Crippen molar-refractivity contribution in [2.24, 2.45) is 0 Å². The Kier molecular flexibility index (Phi) is 6.48. The maximum Gasteiger partial charge on any atom is 0.0707 e. The van der Waals surface area contributed by atoms with Crippen LogP contribution in [0.3, 0.4) is 0 Å². The molecule has 0 spiro atoms. The lowest BCUT2D eigenvalue weighted by atomic mass is 10.1. The second-order valence-electron chi connectivity index (χ2n) is 7.73. The number of hydrogen-bond acceptors (Lipinski definition) is 4. The van der Waals surface area contributed by atoms with Crippen LogP contribution in [-0.4, -0.2) is 73.4 Å². The largest absolute Gasteiger partial charge is 0.372 e. The van der Waals surface area contributed by atoms with Crippen LogP contribution in [0.15, 0.2) is 0 Å². The van der Waals surface area contributed by atoms with Gasteiger partial charge in [0.1, 0.15) is 0 Å². The molecule has 0 aromatic rings. The molecule has 2 aliphatic heterocycles. The van der Waals surface area contributed by atoms with Gasteiger partial charge in [-0.05, 0) is 46.6 Å². The molecule has 21 heavy (non-hydrogen) atoms. The van der Waals surface area contributed by atoms with Crippen molar-refractivity contribution >= 4 is 0 Å². The lowest BCUT2D eigenvalue weighted by Crippen LogP contribution is -2.48. The highest BCUT2D eigenvalue weighted by Gasteiger charge is 2.28.